The van der Waals surface area contributed by atoms with E-state index in [4.69, 9.17) is 4.74 Å². The summed E-state index contributed by atoms with van der Waals surface area (Å²) in [4.78, 5) is 36.1. The van der Waals surface area contributed by atoms with Crippen LogP contribution in [0.2, 0.25) is 0 Å². The van der Waals surface area contributed by atoms with Crippen molar-refractivity contribution >= 4 is 28.9 Å². The van der Waals surface area contributed by atoms with Gasteiger partial charge in [0.2, 0.25) is 5.91 Å². The minimum absolute atomic E-state index is 0.0203. The maximum Gasteiger partial charge on any atom is 0.271 e. The fourth-order valence-corrected chi connectivity index (χ4v) is 2.65. The normalized spacial score (nSPS) is 16.8. The van der Waals surface area contributed by atoms with Crippen molar-refractivity contribution in [2.24, 2.45) is 0 Å². The van der Waals surface area contributed by atoms with Crippen molar-refractivity contribution in [1.29, 1.82) is 0 Å². The van der Waals surface area contributed by atoms with Gasteiger partial charge in [0.25, 0.3) is 11.6 Å². The van der Waals surface area contributed by atoms with Gasteiger partial charge < -0.3 is 10.1 Å². The molecule has 8 nitrogen and oxygen atoms in total. The number of carbonyl (C=O) groups is 2. The van der Waals surface area contributed by atoms with E-state index in [0.717, 1.165) is 4.90 Å². The summed E-state index contributed by atoms with van der Waals surface area (Å²) in [6.45, 7) is 0. The minimum atomic E-state index is -0.722. The van der Waals surface area contributed by atoms with Gasteiger partial charge in [0.15, 0.2) is 0 Å². The molecule has 1 heterocycles. The molecule has 0 bridgehead atoms. The molecular formula is C17H15N3O5. The third kappa shape index (κ3) is 3.27. The number of anilines is 2. The van der Waals surface area contributed by atoms with Crippen molar-refractivity contribution in [3.8, 4) is 5.75 Å². The van der Waals surface area contributed by atoms with E-state index in [1.54, 1.807) is 31.4 Å². The Kier molecular flexibility index (Phi) is 4.34. The highest BCUT2D eigenvalue weighted by Crippen LogP contribution is 2.28. The number of carbonyl (C=O) groups excluding carboxylic acids is 2. The number of amides is 2. The fourth-order valence-electron chi connectivity index (χ4n) is 2.65. The standard InChI is InChI=1S/C17H15N3O5/c1-25-14-7-5-11(6-8-14)18-15-10-16(21)19(17(15)22)12-3-2-4-13(9-12)20(23)24/h2-9,15,18H,10H2,1H3/t15-/m0/s1. The van der Waals surface area contributed by atoms with E-state index >= 15 is 0 Å². The lowest BCUT2D eigenvalue weighted by Gasteiger charge is -2.16. The number of hydrogen-bond donors (Lipinski definition) is 1. The molecule has 0 aromatic heterocycles. The van der Waals surface area contributed by atoms with Gasteiger partial charge in [0.05, 0.1) is 24.1 Å². The Morgan fingerprint density at radius 1 is 1.20 bits per heavy atom. The molecule has 8 heteroatoms. The van der Waals surface area contributed by atoms with Crippen LogP contribution in [0.5, 0.6) is 5.75 Å². The van der Waals surface area contributed by atoms with Crippen molar-refractivity contribution in [2.45, 2.75) is 12.5 Å². The molecule has 0 saturated carbocycles. The second-order valence-electron chi connectivity index (χ2n) is 5.47. The summed E-state index contributed by atoms with van der Waals surface area (Å²) in [7, 11) is 1.55. The van der Waals surface area contributed by atoms with Crippen molar-refractivity contribution < 1.29 is 19.2 Å². The van der Waals surface area contributed by atoms with Crippen molar-refractivity contribution in [1.82, 2.24) is 0 Å². The minimum Gasteiger partial charge on any atom is -0.497 e. The SMILES string of the molecule is COc1ccc(N[C@H]2CC(=O)N(c3cccc([N+](=O)[O-])c3)C2=O)cc1. The molecule has 0 unspecified atom stereocenters. The van der Waals surface area contributed by atoms with Gasteiger partial charge >= 0.3 is 0 Å². The number of ether oxygens (including phenoxy) is 1. The predicted octanol–water partition coefficient (Wildman–Crippen LogP) is 2.35. The van der Waals surface area contributed by atoms with E-state index in [-0.39, 0.29) is 17.8 Å². The molecule has 128 valence electrons. The highest BCUT2D eigenvalue weighted by molar-refractivity contribution is 6.23. The summed E-state index contributed by atoms with van der Waals surface area (Å²) < 4.78 is 5.07. The number of nitro benzene ring substituents is 1. The van der Waals surface area contributed by atoms with Crippen LogP contribution in [-0.4, -0.2) is 29.9 Å². The van der Waals surface area contributed by atoms with E-state index < -0.39 is 22.8 Å². The zero-order chi connectivity index (χ0) is 18.0. The summed E-state index contributed by atoms with van der Waals surface area (Å²) >= 11 is 0. The Morgan fingerprint density at radius 3 is 2.56 bits per heavy atom. The number of nitrogens with zero attached hydrogens (tertiary/aromatic N) is 2. The molecule has 1 saturated heterocycles. The van der Waals surface area contributed by atoms with Crippen LogP contribution in [-0.2, 0) is 9.59 Å². The summed E-state index contributed by atoms with van der Waals surface area (Å²) in [5.74, 6) is -0.171. The lowest BCUT2D eigenvalue weighted by atomic mass is 10.2. The molecule has 2 aromatic carbocycles. The second kappa shape index (κ2) is 6.60. The Hall–Kier alpha value is -3.42. The molecule has 1 aliphatic rings. The number of hydrogen-bond acceptors (Lipinski definition) is 6. The van der Waals surface area contributed by atoms with Gasteiger partial charge in [-0.05, 0) is 30.3 Å². The van der Waals surface area contributed by atoms with Crippen LogP contribution in [0.4, 0.5) is 17.1 Å². The van der Waals surface area contributed by atoms with Crippen molar-refractivity contribution in [2.75, 3.05) is 17.3 Å². The van der Waals surface area contributed by atoms with Crippen molar-refractivity contribution in [3.05, 3.63) is 58.6 Å². The van der Waals surface area contributed by atoms with Crippen LogP contribution in [0, 0.1) is 10.1 Å². The predicted molar refractivity (Wildman–Crippen MR) is 90.6 cm³/mol. The molecule has 1 fully saturated rings. The van der Waals surface area contributed by atoms with Crippen LogP contribution in [0.1, 0.15) is 6.42 Å². The molecule has 3 rings (SSSR count). The van der Waals surface area contributed by atoms with Gasteiger partial charge in [-0.2, -0.15) is 0 Å². The van der Waals surface area contributed by atoms with Crippen LogP contribution >= 0.6 is 0 Å². The van der Waals surface area contributed by atoms with Gasteiger partial charge in [0, 0.05) is 17.8 Å². The molecule has 0 radical (unpaired) electrons. The smallest absolute Gasteiger partial charge is 0.271 e. The van der Waals surface area contributed by atoms with E-state index in [2.05, 4.69) is 5.32 Å². The molecule has 2 aromatic rings. The maximum absolute atomic E-state index is 12.6. The second-order valence-corrected chi connectivity index (χ2v) is 5.47. The molecule has 25 heavy (non-hydrogen) atoms. The average Bonchev–Trinajstić information content (AvgIpc) is 2.89. The third-order valence-corrected chi connectivity index (χ3v) is 3.88. The van der Waals surface area contributed by atoms with E-state index in [1.165, 1.54) is 24.3 Å². The summed E-state index contributed by atoms with van der Waals surface area (Å²) in [5, 5.41) is 13.9. The zero-order valence-corrected chi connectivity index (χ0v) is 13.3. The molecule has 1 atom stereocenters. The first-order valence-corrected chi connectivity index (χ1v) is 7.51. The number of rotatable bonds is 5. The van der Waals surface area contributed by atoms with E-state index in [1.807, 2.05) is 0 Å². The van der Waals surface area contributed by atoms with Gasteiger partial charge in [-0.3, -0.25) is 19.7 Å². The Balaban J connectivity index is 1.80. The van der Waals surface area contributed by atoms with Gasteiger partial charge in [0.1, 0.15) is 11.8 Å². The van der Waals surface area contributed by atoms with Crippen LogP contribution < -0.4 is 15.0 Å². The molecule has 1 N–H and O–H groups in total. The van der Waals surface area contributed by atoms with Crippen LogP contribution in [0.3, 0.4) is 0 Å². The first-order valence-electron chi connectivity index (χ1n) is 7.51. The number of benzene rings is 2. The molecule has 1 aliphatic heterocycles. The number of non-ortho nitro benzene ring substituents is 1. The quantitative estimate of drug-likeness (QED) is 0.509. The highest BCUT2D eigenvalue weighted by Gasteiger charge is 2.39. The lowest BCUT2D eigenvalue weighted by molar-refractivity contribution is -0.384. The van der Waals surface area contributed by atoms with E-state index in [0.29, 0.717) is 11.4 Å². The van der Waals surface area contributed by atoms with E-state index in [9.17, 15) is 19.7 Å². The summed E-state index contributed by atoms with van der Waals surface area (Å²) in [5.41, 5.74) is 0.695. The largest absolute Gasteiger partial charge is 0.497 e. The number of methoxy groups -OCH3 is 1. The van der Waals surface area contributed by atoms with Crippen LogP contribution in [0.25, 0.3) is 0 Å². The monoisotopic (exact) mass is 341 g/mol. The van der Waals surface area contributed by atoms with Gasteiger partial charge in [-0.15, -0.1) is 0 Å². The van der Waals surface area contributed by atoms with Gasteiger partial charge in [-0.25, -0.2) is 4.90 Å². The number of nitrogens with one attached hydrogen (secondary N) is 1. The summed E-state index contributed by atoms with van der Waals surface area (Å²) in [6, 6.07) is 11.7. The maximum atomic E-state index is 12.6. The Morgan fingerprint density at radius 2 is 1.92 bits per heavy atom. The number of nitro groups is 1. The molecular weight excluding hydrogens is 326 g/mol. The van der Waals surface area contributed by atoms with Crippen LogP contribution in [0.15, 0.2) is 48.5 Å². The Bertz CT molecular complexity index is 834. The average molecular weight is 341 g/mol. The molecule has 0 spiro atoms. The van der Waals surface area contributed by atoms with Gasteiger partial charge in [-0.1, -0.05) is 6.07 Å². The van der Waals surface area contributed by atoms with Crippen molar-refractivity contribution in [3.63, 3.8) is 0 Å². The fraction of sp³-hybridized carbons (Fsp3) is 0.176. The third-order valence-electron chi connectivity index (χ3n) is 3.88. The lowest BCUT2D eigenvalue weighted by Crippen LogP contribution is -2.34. The topological polar surface area (TPSA) is 102 Å². The Labute approximate surface area is 143 Å². The summed E-state index contributed by atoms with van der Waals surface area (Å²) in [6.07, 6.45) is -0.0203. The molecule has 2 amide bonds. The first-order chi connectivity index (χ1) is 12.0. The highest BCUT2D eigenvalue weighted by atomic mass is 16.6. The first kappa shape index (κ1) is 16.4. The number of imide groups is 1. The molecule has 0 aliphatic carbocycles. The zero-order valence-electron chi connectivity index (χ0n) is 13.3.